The minimum atomic E-state index is -3.93. The number of ether oxygens (including phenoxy) is 1. The lowest BCUT2D eigenvalue weighted by Crippen LogP contribution is -2.38. The number of hydrogen-bond donors (Lipinski definition) is 1. The summed E-state index contributed by atoms with van der Waals surface area (Å²) in [5, 5.41) is 19.0. The summed E-state index contributed by atoms with van der Waals surface area (Å²) in [6.45, 7) is 11.9. The highest BCUT2D eigenvalue weighted by atomic mass is 32.2. The molecule has 0 bridgehead atoms. The van der Waals surface area contributed by atoms with E-state index in [1.54, 1.807) is 43.9 Å². The van der Waals surface area contributed by atoms with Gasteiger partial charge < -0.3 is 9.84 Å². The van der Waals surface area contributed by atoms with Crippen molar-refractivity contribution in [3.63, 3.8) is 0 Å². The monoisotopic (exact) mass is 604 g/mol. The largest absolute Gasteiger partial charge is 0.481 e. The molecule has 43 heavy (non-hydrogen) atoms. The van der Waals surface area contributed by atoms with Gasteiger partial charge in [0.2, 0.25) is 15.9 Å². The highest BCUT2D eigenvalue weighted by Crippen LogP contribution is 2.47. The first-order valence-electron chi connectivity index (χ1n) is 14.4. The molecule has 0 amide bonds. The molecule has 2 aliphatic rings. The van der Waals surface area contributed by atoms with Crippen LogP contribution in [0.4, 0.5) is 0 Å². The van der Waals surface area contributed by atoms with Crippen LogP contribution in [0.1, 0.15) is 73.0 Å². The summed E-state index contributed by atoms with van der Waals surface area (Å²) >= 11 is 0. The molecule has 226 valence electrons. The van der Waals surface area contributed by atoms with Gasteiger partial charge in [-0.05, 0) is 100 Å². The van der Waals surface area contributed by atoms with Crippen LogP contribution in [0.3, 0.4) is 0 Å². The number of carboxylic acids is 1. The molecule has 4 aromatic rings. The second kappa shape index (κ2) is 10.1. The van der Waals surface area contributed by atoms with Gasteiger partial charge in [0.25, 0.3) is 0 Å². The Bertz CT molecular complexity index is 1880. The molecule has 11 nitrogen and oxygen atoms in total. The molecule has 1 atom stereocenters. The van der Waals surface area contributed by atoms with Crippen molar-refractivity contribution >= 4 is 27.0 Å². The standard InChI is InChI=1S/C31H36N6O5S/c1-7-37-24-9-8-22(20(4)27(24)34-35-37)26(30(5,6)29(38)39)23-13-21(19(3)15-32-23)16-36-17-31(10-11-31)42-28-25(43(36,40)41)12-18(2)14-33-28/h8-9,12-15,26H,7,10-11,16-17H2,1-6H3,(H,38,39)/t26-/m1/s1. The zero-order valence-corrected chi connectivity index (χ0v) is 26.1. The van der Waals surface area contributed by atoms with E-state index in [9.17, 15) is 18.3 Å². The number of sulfonamides is 1. The van der Waals surface area contributed by atoms with Gasteiger partial charge in [0.15, 0.2) is 0 Å². The van der Waals surface area contributed by atoms with E-state index in [0.29, 0.717) is 17.8 Å². The number of carbonyl (C=O) groups is 1. The van der Waals surface area contributed by atoms with E-state index < -0.39 is 32.9 Å². The third-order valence-electron chi connectivity index (χ3n) is 8.90. The highest BCUT2D eigenvalue weighted by molar-refractivity contribution is 7.89. The van der Waals surface area contributed by atoms with Crippen LogP contribution in [0, 0.1) is 26.2 Å². The Labute approximate surface area is 251 Å². The minimum absolute atomic E-state index is 0.0668. The molecule has 6 rings (SSSR count). The molecule has 1 fully saturated rings. The SMILES string of the molecule is CCn1nnc2c(C)c([C@H](c3cc(CN4CC5(CC5)Oc5ncc(C)cc5S4(=O)=O)c(C)cn3)C(C)(C)C(=O)O)ccc21. The van der Waals surface area contributed by atoms with E-state index in [1.165, 1.54) is 4.31 Å². The van der Waals surface area contributed by atoms with Crippen molar-refractivity contribution < 1.29 is 23.1 Å². The molecule has 1 aromatic carbocycles. The Morgan fingerprint density at radius 1 is 1.14 bits per heavy atom. The average molecular weight is 605 g/mol. The summed E-state index contributed by atoms with van der Waals surface area (Å²) in [7, 11) is -3.93. The van der Waals surface area contributed by atoms with Crippen LogP contribution in [-0.4, -0.2) is 60.9 Å². The number of benzene rings is 1. The summed E-state index contributed by atoms with van der Waals surface area (Å²) < 4.78 is 37.4. The molecule has 4 heterocycles. The molecule has 0 radical (unpaired) electrons. The number of fused-ring (bicyclic) bond motifs is 2. The fraction of sp³-hybridized carbons (Fsp3) is 0.452. The van der Waals surface area contributed by atoms with Gasteiger partial charge in [-0.25, -0.2) is 18.1 Å². The molecule has 1 aliphatic carbocycles. The number of carboxylic acid groups (broad SMARTS) is 1. The maximum absolute atomic E-state index is 14.0. The van der Waals surface area contributed by atoms with Crippen molar-refractivity contribution in [2.45, 2.75) is 83.9 Å². The second-order valence-corrected chi connectivity index (χ2v) is 14.3. The van der Waals surface area contributed by atoms with Crippen molar-refractivity contribution in [3.8, 4) is 5.88 Å². The van der Waals surface area contributed by atoms with Gasteiger partial charge >= 0.3 is 5.97 Å². The van der Waals surface area contributed by atoms with E-state index in [2.05, 4.69) is 15.3 Å². The molecule has 3 aromatic heterocycles. The van der Waals surface area contributed by atoms with Gasteiger partial charge in [-0.2, -0.15) is 4.31 Å². The second-order valence-electron chi connectivity index (χ2n) is 12.4. The Balaban J connectivity index is 1.45. The fourth-order valence-corrected chi connectivity index (χ4v) is 7.63. The van der Waals surface area contributed by atoms with Gasteiger partial charge in [0, 0.05) is 37.1 Å². The smallest absolute Gasteiger partial charge is 0.310 e. The molecule has 12 heteroatoms. The normalized spacial score (nSPS) is 18.2. The van der Waals surface area contributed by atoms with Gasteiger partial charge in [-0.15, -0.1) is 5.10 Å². The van der Waals surface area contributed by atoms with Crippen molar-refractivity contribution in [1.29, 1.82) is 0 Å². The first-order chi connectivity index (χ1) is 20.3. The van der Waals surface area contributed by atoms with Crippen molar-refractivity contribution in [3.05, 3.63) is 70.2 Å². The summed E-state index contributed by atoms with van der Waals surface area (Å²) in [5.41, 5.74) is 4.19. The average Bonchev–Trinajstić information content (AvgIpc) is 3.59. The number of nitrogens with zero attached hydrogens (tertiary/aromatic N) is 6. The molecule has 1 N–H and O–H groups in total. The van der Waals surface area contributed by atoms with Crippen LogP contribution < -0.4 is 4.74 Å². The third kappa shape index (κ3) is 4.86. The number of aliphatic carboxylic acids is 1. The maximum Gasteiger partial charge on any atom is 0.310 e. The molecular formula is C31H36N6O5S. The summed E-state index contributed by atoms with van der Waals surface area (Å²) in [6.07, 6.45) is 4.80. The molecule has 1 spiro atoms. The quantitative estimate of drug-likeness (QED) is 0.322. The Hall–Kier alpha value is -3.90. The van der Waals surface area contributed by atoms with E-state index in [0.717, 1.165) is 46.2 Å². The lowest BCUT2D eigenvalue weighted by Gasteiger charge is -2.32. The Morgan fingerprint density at radius 3 is 2.56 bits per heavy atom. The van der Waals surface area contributed by atoms with Crippen LogP contribution in [0.2, 0.25) is 0 Å². The minimum Gasteiger partial charge on any atom is -0.481 e. The zero-order chi connectivity index (χ0) is 30.9. The Morgan fingerprint density at radius 2 is 1.88 bits per heavy atom. The summed E-state index contributed by atoms with van der Waals surface area (Å²) in [5.74, 6) is -1.47. The van der Waals surface area contributed by atoms with E-state index in [4.69, 9.17) is 9.72 Å². The van der Waals surface area contributed by atoms with Gasteiger partial charge in [-0.3, -0.25) is 9.78 Å². The van der Waals surface area contributed by atoms with Gasteiger partial charge in [0.1, 0.15) is 16.0 Å². The third-order valence-corrected chi connectivity index (χ3v) is 10.7. The molecular weight excluding hydrogens is 568 g/mol. The van der Waals surface area contributed by atoms with Gasteiger partial charge in [-0.1, -0.05) is 11.3 Å². The van der Waals surface area contributed by atoms with Crippen LogP contribution in [0.5, 0.6) is 5.88 Å². The highest BCUT2D eigenvalue weighted by Gasteiger charge is 2.52. The fourth-order valence-electron chi connectivity index (χ4n) is 5.99. The van der Waals surface area contributed by atoms with Crippen LogP contribution >= 0.6 is 0 Å². The number of rotatable bonds is 7. The molecule has 1 aliphatic heterocycles. The van der Waals surface area contributed by atoms with E-state index >= 15 is 0 Å². The van der Waals surface area contributed by atoms with E-state index in [1.807, 2.05) is 39.0 Å². The molecule has 0 saturated heterocycles. The number of aryl methyl sites for hydroxylation is 4. The topological polar surface area (TPSA) is 140 Å². The molecule has 1 saturated carbocycles. The lowest BCUT2D eigenvalue weighted by atomic mass is 9.71. The first kappa shape index (κ1) is 29.2. The zero-order valence-electron chi connectivity index (χ0n) is 25.2. The number of pyridine rings is 2. The van der Waals surface area contributed by atoms with Crippen LogP contribution in [-0.2, 0) is 27.9 Å². The number of aromatic nitrogens is 5. The molecule has 0 unspecified atom stereocenters. The van der Waals surface area contributed by atoms with Crippen molar-refractivity contribution in [2.24, 2.45) is 5.41 Å². The summed E-state index contributed by atoms with van der Waals surface area (Å²) in [4.78, 5) is 21.8. The first-order valence-corrected chi connectivity index (χ1v) is 15.9. The van der Waals surface area contributed by atoms with Gasteiger partial charge in [0.05, 0.1) is 17.5 Å². The lowest BCUT2D eigenvalue weighted by molar-refractivity contribution is -0.147. The Kier molecular flexibility index (Phi) is 6.85. The number of hydrogen-bond acceptors (Lipinski definition) is 8. The van der Waals surface area contributed by atoms with Crippen molar-refractivity contribution in [1.82, 2.24) is 29.3 Å². The predicted octanol–water partition coefficient (Wildman–Crippen LogP) is 4.53. The summed E-state index contributed by atoms with van der Waals surface area (Å²) in [6, 6.07) is 7.32. The van der Waals surface area contributed by atoms with E-state index in [-0.39, 0.29) is 23.9 Å². The predicted molar refractivity (Wildman–Crippen MR) is 159 cm³/mol. The van der Waals surface area contributed by atoms with Crippen LogP contribution in [0.15, 0.2) is 41.6 Å². The van der Waals surface area contributed by atoms with Crippen LogP contribution in [0.25, 0.3) is 11.0 Å². The maximum atomic E-state index is 14.0. The van der Waals surface area contributed by atoms with Crippen molar-refractivity contribution in [2.75, 3.05) is 6.54 Å².